The molecule has 0 unspecified atom stereocenters. The van der Waals surface area contributed by atoms with Crippen LogP contribution in [-0.2, 0) is 4.79 Å². The van der Waals surface area contributed by atoms with E-state index in [9.17, 15) is 14.4 Å². The van der Waals surface area contributed by atoms with Crippen LogP contribution in [0.3, 0.4) is 0 Å². The first-order chi connectivity index (χ1) is 10.5. The largest absolute Gasteiger partial charge is 0.469 e. The summed E-state index contributed by atoms with van der Waals surface area (Å²) in [6.45, 7) is 1.64. The molecule has 2 heterocycles. The number of thiophene rings is 1. The molecule has 0 radical (unpaired) electrons. The highest BCUT2D eigenvalue weighted by Crippen LogP contribution is 2.22. The van der Waals surface area contributed by atoms with E-state index in [4.69, 9.17) is 16.0 Å². The molecule has 2 aromatic heterocycles. The zero-order valence-electron chi connectivity index (χ0n) is 11.6. The molecule has 6 nitrogen and oxygen atoms in total. The molecular formula is C14H13ClN2O4S. The van der Waals surface area contributed by atoms with Crippen LogP contribution in [0.25, 0.3) is 0 Å². The summed E-state index contributed by atoms with van der Waals surface area (Å²) in [6, 6.07) is 4.75. The standard InChI is InChI=1S/C14H13ClN2O4S/c1-8-9(6-7-21-8)14(20)17-16-13(19)5-2-10(18)11-3-4-12(15)22-11/h3-4,6-7H,2,5H2,1H3,(H,16,19)(H,17,20). The minimum Gasteiger partial charge on any atom is -0.469 e. The van der Waals surface area contributed by atoms with Gasteiger partial charge in [-0.1, -0.05) is 11.6 Å². The fourth-order valence-electron chi connectivity index (χ4n) is 1.69. The maximum absolute atomic E-state index is 11.8. The van der Waals surface area contributed by atoms with Gasteiger partial charge in [0.05, 0.1) is 21.0 Å². The lowest BCUT2D eigenvalue weighted by molar-refractivity contribution is -0.121. The van der Waals surface area contributed by atoms with Crippen molar-refractivity contribution in [3.8, 4) is 0 Å². The Bertz CT molecular complexity index is 707. The highest BCUT2D eigenvalue weighted by Gasteiger charge is 2.14. The van der Waals surface area contributed by atoms with Crippen LogP contribution >= 0.6 is 22.9 Å². The molecule has 0 aliphatic heterocycles. The lowest BCUT2D eigenvalue weighted by Crippen LogP contribution is -2.41. The Morgan fingerprint density at radius 2 is 1.95 bits per heavy atom. The van der Waals surface area contributed by atoms with Crippen LogP contribution in [0.2, 0.25) is 4.34 Å². The van der Waals surface area contributed by atoms with Gasteiger partial charge in [-0.25, -0.2) is 0 Å². The lowest BCUT2D eigenvalue weighted by Gasteiger charge is -2.06. The van der Waals surface area contributed by atoms with Gasteiger partial charge < -0.3 is 4.42 Å². The van der Waals surface area contributed by atoms with E-state index in [1.165, 1.54) is 23.7 Å². The summed E-state index contributed by atoms with van der Waals surface area (Å²) in [5.41, 5.74) is 4.86. The number of ketones is 1. The van der Waals surface area contributed by atoms with E-state index in [1.807, 2.05) is 0 Å². The average molecular weight is 341 g/mol. The van der Waals surface area contributed by atoms with Crippen molar-refractivity contribution in [3.05, 3.63) is 45.0 Å². The number of halogens is 1. The van der Waals surface area contributed by atoms with Gasteiger partial charge in [0.15, 0.2) is 5.78 Å². The minimum atomic E-state index is -0.476. The minimum absolute atomic E-state index is 0.0288. The molecule has 0 spiro atoms. The van der Waals surface area contributed by atoms with E-state index < -0.39 is 11.8 Å². The van der Waals surface area contributed by atoms with Crippen LogP contribution in [0.5, 0.6) is 0 Å². The van der Waals surface area contributed by atoms with E-state index in [1.54, 1.807) is 19.1 Å². The number of carbonyl (C=O) groups excluding carboxylic acids is 3. The molecule has 2 rings (SSSR count). The number of hydrogen-bond acceptors (Lipinski definition) is 5. The SMILES string of the molecule is Cc1occc1C(=O)NNC(=O)CCC(=O)c1ccc(Cl)s1. The summed E-state index contributed by atoms with van der Waals surface area (Å²) in [7, 11) is 0. The molecule has 0 aromatic carbocycles. The zero-order chi connectivity index (χ0) is 16.1. The highest BCUT2D eigenvalue weighted by atomic mass is 35.5. The topological polar surface area (TPSA) is 88.4 Å². The average Bonchev–Trinajstić information content (AvgIpc) is 3.10. The number of Topliss-reactive ketones (excluding diaryl/α,β-unsaturated/α-hetero) is 1. The zero-order valence-corrected chi connectivity index (χ0v) is 13.2. The van der Waals surface area contributed by atoms with Crippen LogP contribution in [0.1, 0.15) is 38.6 Å². The molecule has 2 N–H and O–H groups in total. The highest BCUT2D eigenvalue weighted by molar-refractivity contribution is 7.18. The molecule has 0 saturated heterocycles. The quantitative estimate of drug-likeness (QED) is 0.647. The van der Waals surface area contributed by atoms with Crippen molar-refractivity contribution < 1.29 is 18.8 Å². The van der Waals surface area contributed by atoms with Crippen molar-refractivity contribution in [3.63, 3.8) is 0 Å². The maximum Gasteiger partial charge on any atom is 0.273 e. The molecule has 0 aliphatic rings. The van der Waals surface area contributed by atoms with Crippen LogP contribution in [0.4, 0.5) is 0 Å². The van der Waals surface area contributed by atoms with Gasteiger partial charge in [-0.05, 0) is 25.1 Å². The van der Waals surface area contributed by atoms with Crippen LogP contribution in [0.15, 0.2) is 28.9 Å². The van der Waals surface area contributed by atoms with Gasteiger partial charge in [-0.15, -0.1) is 11.3 Å². The second-order valence-corrected chi connectivity index (χ2v) is 6.13. The molecule has 2 amide bonds. The normalized spacial score (nSPS) is 10.3. The van der Waals surface area contributed by atoms with Crippen LogP contribution < -0.4 is 10.9 Å². The van der Waals surface area contributed by atoms with E-state index in [0.29, 0.717) is 20.5 Å². The van der Waals surface area contributed by atoms with E-state index >= 15 is 0 Å². The smallest absolute Gasteiger partial charge is 0.273 e. The van der Waals surface area contributed by atoms with Crippen molar-refractivity contribution in [2.75, 3.05) is 0 Å². The second-order valence-electron chi connectivity index (χ2n) is 4.42. The van der Waals surface area contributed by atoms with E-state index in [-0.39, 0.29) is 18.6 Å². The first kappa shape index (κ1) is 16.3. The lowest BCUT2D eigenvalue weighted by atomic mass is 10.2. The predicted molar refractivity (Wildman–Crippen MR) is 81.9 cm³/mol. The summed E-state index contributed by atoms with van der Waals surface area (Å²) in [6.07, 6.45) is 1.40. The molecule has 0 atom stereocenters. The van der Waals surface area contributed by atoms with Crippen molar-refractivity contribution >= 4 is 40.5 Å². The summed E-state index contributed by atoms with van der Waals surface area (Å²) in [4.78, 5) is 35.7. The Hall–Kier alpha value is -2.12. The van der Waals surface area contributed by atoms with Gasteiger partial charge >= 0.3 is 0 Å². The van der Waals surface area contributed by atoms with Gasteiger partial charge in [0.2, 0.25) is 5.91 Å². The Balaban J connectivity index is 1.75. The Morgan fingerprint density at radius 3 is 2.55 bits per heavy atom. The monoisotopic (exact) mass is 340 g/mol. The van der Waals surface area contributed by atoms with Crippen molar-refractivity contribution in [2.24, 2.45) is 0 Å². The molecule has 22 heavy (non-hydrogen) atoms. The maximum atomic E-state index is 11.8. The van der Waals surface area contributed by atoms with E-state index in [0.717, 1.165) is 0 Å². The van der Waals surface area contributed by atoms with Gasteiger partial charge in [-0.2, -0.15) is 0 Å². The summed E-state index contributed by atoms with van der Waals surface area (Å²) >= 11 is 6.91. The molecule has 0 fully saturated rings. The van der Waals surface area contributed by atoms with E-state index in [2.05, 4.69) is 10.9 Å². The van der Waals surface area contributed by atoms with Gasteiger partial charge in [0, 0.05) is 12.8 Å². The number of aryl methyl sites for hydroxylation is 1. The summed E-state index contributed by atoms with van der Waals surface area (Å²) < 4.78 is 5.52. The predicted octanol–water partition coefficient (Wildman–Crippen LogP) is 2.73. The van der Waals surface area contributed by atoms with Crippen molar-refractivity contribution in [1.82, 2.24) is 10.9 Å². The molecule has 8 heteroatoms. The molecule has 0 saturated carbocycles. The number of hydrogen-bond donors (Lipinski definition) is 2. The Labute approximate surface area is 135 Å². The number of rotatable bonds is 5. The van der Waals surface area contributed by atoms with Gasteiger partial charge in [0.1, 0.15) is 5.76 Å². The molecule has 0 aliphatic carbocycles. The molecule has 2 aromatic rings. The Morgan fingerprint density at radius 1 is 1.18 bits per heavy atom. The number of nitrogens with one attached hydrogen (secondary N) is 2. The van der Waals surface area contributed by atoms with Crippen molar-refractivity contribution in [2.45, 2.75) is 19.8 Å². The fraction of sp³-hybridized carbons (Fsp3) is 0.214. The third-order valence-corrected chi connectivity index (χ3v) is 4.12. The van der Waals surface area contributed by atoms with Crippen molar-refractivity contribution in [1.29, 1.82) is 0 Å². The van der Waals surface area contributed by atoms with Gasteiger partial charge in [0.25, 0.3) is 5.91 Å². The van der Waals surface area contributed by atoms with Gasteiger partial charge in [-0.3, -0.25) is 25.2 Å². The van der Waals surface area contributed by atoms with Crippen LogP contribution in [0, 0.1) is 6.92 Å². The summed E-state index contributed by atoms with van der Waals surface area (Å²) in [5, 5.41) is 0. The Kier molecular flexibility index (Phi) is 5.35. The first-order valence-electron chi connectivity index (χ1n) is 6.39. The molecular weight excluding hydrogens is 328 g/mol. The number of hydrazine groups is 1. The second kappa shape index (κ2) is 7.24. The van der Waals surface area contributed by atoms with Crippen LogP contribution in [-0.4, -0.2) is 17.6 Å². The number of amides is 2. The number of furan rings is 1. The third kappa shape index (κ3) is 4.19. The number of carbonyl (C=O) groups is 3. The third-order valence-electron chi connectivity index (χ3n) is 2.85. The fourth-order valence-corrected chi connectivity index (χ4v) is 2.70. The summed E-state index contributed by atoms with van der Waals surface area (Å²) in [5.74, 6) is -0.637. The molecule has 0 bridgehead atoms. The molecule has 116 valence electrons. The first-order valence-corrected chi connectivity index (χ1v) is 7.58.